The van der Waals surface area contributed by atoms with Crippen LogP contribution in [0.25, 0.3) is 17.0 Å². The first-order chi connectivity index (χ1) is 19.4. The molecule has 0 saturated heterocycles. The monoisotopic (exact) mass is 571 g/mol. The van der Waals surface area contributed by atoms with E-state index in [1.165, 1.54) is 11.8 Å². The van der Waals surface area contributed by atoms with E-state index in [0.29, 0.717) is 19.6 Å². The molecule has 6 rings (SSSR count). The molecule has 11 heteroatoms. The van der Waals surface area contributed by atoms with Crippen molar-refractivity contribution in [1.29, 1.82) is 0 Å². The molecule has 4 heterocycles. The zero-order valence-corrected chi connectivity index (χ0v) is 23.6. The molecule has 0 unspecified atom stereocenters. The molecule has 0 saturated carbocycles. The minimum atomic E-state index is -2.97. The summed E-state index contributed by atoms with van der Waals surface area (Å²) < 4.78 is 24.7. The summed E-state index contributed by atoms with van der Waals surface area (Å²) in [5, 5.41) is 13.3. The van der Waals surface area contributed by atoms with Crippen LogP contribution >= 0.6 is 11.3 Å². The number of pyridine rings is 1. The molecule has 40 heavy (non-hydrogen) atoms. The van der Waals surface area contributed by atoms with Gasteiger partial charge in [0.15, 0.2) is 5.13 Å². The number of anilines is 3. The number of hydrogen-bond donors (Lipinski definition) is 2. The third-order valence-corrected chi connectivity index (χ3v) is 8.67. The van der Waals surface area contributed by atoms with Gasteiger partial charge < -0.3 is 15.5 Å². The van der Waals surface area contributed by atoms with Crippen LogP contribution < -0.4 is 15.5 Å². The Hall–Kier alpha value is -4.06. The van der Waals surface area contributed by atoms with Gasteiger partial charge in [-0.1, -0.05) is 30.3 Å². The van der Waals surface area contributed by atoms with Crippen LogP contribution in [0.4, 0.5) is 16.5 Å². The zero-order valence-electron chi connectivity index (χ0n) is 22.0. The number of rotatable bonds is 10. The second-order valence-corrected chi connectivity index (χ2v) is 13.2. The summed E-state index contributed by atoms with van der Waals surface area (Å²) >= 11 is 1.59. The van der Waals surface area contributed by atoms with Gasteiger partial charge in [-0.05, 0) is 29.8 Å². The summed E-state index contributed by atoms with van der Waals surface area (Å²) in [5.74, 6) is 0.122. The van der Waals surface area contributed by atoms with Crippen LogP contribution in [-0.4, -0.2) is 46.7 Å². The predicted octanol–water partition coefficient (Wildman–Crippen LogP) is 4.80. The van der Waals surface area contributed by atoms with E-state index in [-0.39, 0.29) is 5.75 Å². The maximum atomic E-state index is 11.3. The van der Waals surface area contributed by atoms with E-state index in [1.54, 1.807) is 11.3 Å². The Balaban J connectivity index is 1.15. The highest BCUT2D eigenvalue weighted by Crippen LogP contribution is 2.33. The standard InChI is InChI=1S/C29H29N7O2S2/c1-40(37,38)12-10-30-16-25-17-32-29(39-25)35-11-9-22-14-31-18-27(26(22)20-35)34-24-7-8-28-23(13-24)15-33-36(28)19-21-5-3-2-4-6-21/h2-9,11,13-15,17-18,30,34H,10,12,16,19-20H2,1H3. The van der Waals surface area contributed by atoms with E-state index in [2.05, 4.69) is 67.0 Å². The number of aromatic nitrogens is 4. The SMILES string of the molecule is CS(=O)(=O)CCNCc1cnc(N2C=Cc3cncc(Nc4ccc5c(cnn5Cc5ccccc5)c4)c3C2)s1. The largest absolute Gasteiger partial charge is 0.354 e. The Morgan fingerprint density at radius 3 is 2.77 bits per heavy atom. The topological polar surface area (TPSA) is 105 Å². The van der Waals surface area contributed by atoms with E-state index >= 15 is 0 Å². The Kier molecular flexibility index (Phi) is 7.33. The Morgan fingerprint density at radius 1 is 1.05 bits per heavy atom. The molecule has 5 aromatic rings. The number of thiazole rings is 1. The van der Waals surface area contributed by atoms with Crippen molar-refractivity contribution in [3.63, 3.8) is 0 Å². The molecule has 0 aliphatic carbocycles. The highest BCUT2D eigenvalue weighted by Gasteiger charge is 2.19. The van der Waals surface area contributed by atoms with Gasteiger partial charge >= 0.3 is 0 Å². The van der Waals surface area contributed by atoms with Gasteiger partial charge in [0.1, 0.15) is 9.84 Å². The molecule has 0 bridgehead atoms. The maximum Gasteiger partial charge on any atom is 0.189 e. The lowest BCUT2D eigenvalue weighted by atomic mass is 10.1. The third kappa shape index (κ3) is 6.06. The molecule has 2 aromatic carbocycles. The normalized spacial score (nSPS) is 13.1. The molecule has 2 N–H and O–H groups in total. The zero-order chi connectivity index (χ0) is 27.5. The molecule has 0 fully saturated rings. The van der Waals surface area contributed by atoms with E-state index in [9.17, 15) is 8.42 Å². The summed E-state index contributed by atoms with van der Waals surface area (Å²) in [4.78, 5) is 12.2. The number of nitrogens with one attached hydrogen (secondary N) is 2. The van der Waals surface area contributed by atoms with Gasteiger partial charge in [0.25, 0.3) is 0 Å². The van der Waals surface area contributed by atoms with Gasteiger partial charge in [0, 0.05) is 65.0 Å². The quantitative estimate of drug-likeness (QED) is 0.230. The third-order valence-electron chi connectivity index (χ3n) is 6.69. The van der Waals surface area contributed by atoms with Crippen molar-refractivity contribution in [2.75, 3.05) is 28.8 Å². The van der Waals surface area contributed by atoms with Crippen molar-refractivity contribution in [2.24, 2.45) is 0 Å². The van der Waals surface area contributed by atoms with Crippen molar-refractivity contribution >= 4 is 54.7 Å². The fraction of sp³-hybridized carbons (Fsp3) is 0.207. The minimum Gasteiger partial charge on any atom is -0.354 e. The molecule has 0 spiro atoms. The van der Waals surface area contributed by atoms with Crippen LogP contribution in [0, 0.1) is 0 Å². The highest BCUT2D eigenvalue weighted by atomic mass is 32.2. The number of fused-ring (bicyclic) bond motifs is 2. The summed E-state index contributed by atoms with van der Waals surface area (Å²) in [6, 6.07) is 16.6. The number of sulfone groups is 1. The molecular weight excluding hydrogens is 543 g/mol. The second-order valence-electron chi connectivity index (χ2n) is 9.80. The van der Waals surface area contributed by atoms with E-state index in [0.717, 1.165) is 50.0 Å². The lowest BCUT2D eigenvalue weighted by Crippen LogP contribution is -2.21. The van der Waals surface area contributed by atoms with Crippen molar-refractivity contribution in [2.45, 2.75) is 19.6 Å². The Morgan fingerprint density at radius 2 is 1.93 bits per heavy atom. The van der Waals surface area contributed by atoms with Crippen LogP contribution in [0.1, 0.15) is 21.6 Å². The second kappa shape index (κ2) is 11.2. The van der Waals surface area contributed by atoms with Crippen molar-refractivity contribution < 1.29 is 8.42 Å². The Bertz CT molecular complexity index is 1780. The van der Waals surface area contributed by atoms with Crippen LogP contribution in [-0.2, 0) is 29.5 Å². The van der Waals surface area contributed by atoms with Crippen LogP contribution in [0.5, 0.6) is 0 Å². The van der Waals surface area contributed by atoms with E-state index in [1.807, 2.05) is 53.9 Å². The van der Waals surface area contributed by atoms with Gasteiger partial charge in [0.05, 0.1) is 42.4 Å². The maximum absolute atomic E-state index is 11.3. The summed E-state index contributed by atoms with van der Waals surface area (Å²) in [6.45, 7) is 2.39. The number of nitrogens with zero attached hydrogens (tertiary/aromatic N) is 5. The van der Waals surface area contributed by atoms with Crippen molar-refractivity contribution in [3.05, 3.63) is 101 Å². The number of benzene rings is 2. The molecule has 1 aliphatic rings. The predicted molar refractivity (Wildman–Crippen MR) is 162 cm³/mol. The van der Waals surface area contributed by atoms with Gasteiger partial charge in [-0.25, -0.2) is 13.4 Å². The van der Waals surface area contributed by atoms with Crippen molar-refractivity contribution in [1.82, 2.24) is 25.1 Å². The van der Waals surface area contributed by atoms with Gasteiger partial charge in [-0.2, -0.15) is 5.10 Å². The summed E-state index contributed by atoms with van der Waals surface area (Å²) in [6.07, 6.45) is 12.8. The molecule has 3 aromatic heterocycles. The molecule has 0 radical (unpaired) electrons. The lowest BCUT2D eigenvalue weighted by molar-refractivity contribution is 0.596. The molecule has 0 amide bonds. The first-order valence-corrected chi connectivity index (χ1v) is 15.8. The first kappa shape index (κ1) is 26.2. The summed E-state index contributed by atoms with van der Waals surface area (Å²) in [7, 11) is -2.97. The number of hydrogen-bond acceptors (Lipinski definition) is 9. The first-order valence-electron chi connectivity index (χ1n) is 12.9. The fourth-order valence-electron chi connectivity index (χ4n) is 4.64. The smallest absolute Gasteiger partial charge is 0.189 e. The Labute approximate surface area is 237 Å². The molecule has 9 nitrogen and oxygen atoms in total. The summed E-state index contributed by atoms with van der Waals surface area (Å²) in [5.41, 5.74) is 6.42. The van der Waals surface area contributed by atoms with Crippen molar-refractivity contribution in [3.8, 4) is 0 Å². The van der Waals surface area contributed by atoms with Crippen LogP contribution in [0.3, 0.4) is 0 Å². The average molecular weight is 572 g/mol. The molecule has 1 aliphatic heterocycles. The van der Waals surface area contributed by atoms with Gasteiger partial charge in [0.2, 0.25) is 0 Å². The van der Waals surface area contributed by atoms with E-state index in [4.69, 9.17) is 0 Å². The van der Waals surface area contributed by atoms with Crippen LogP contribution in [0.15, 0.2) is 79.5 Å². The lowest BCUT2D eigenvalue weighted by Gasteiger charge is -2.25. The van der Waals surface area contributed by atoms with Gasteiger partial charge in [-0.15, -0.1) is 11.3 Å². The molecule has 204 valence electrons. The minimum absolute atomic E-state index is 0.122. The average Bonchev–Trinajstić information content (AvgIpc) is 3.58. The molecular formula is C29H29N7O2S2. The van der Waals surface area contributed by atoms with Crippen LogP contribution in [0.2, 0.25) is 0 Å². The highest BCUT2D eigenvalue weighted by molar-refractivity contribution is 7.90. The molecule has 0 atom stereocenters. The van der Waals surface area contributed by atoms with E-state index < -0.39 is 9.84 Å². The fourth-order valence-corrected chi connectivity index (χ4v) is 6.02. The van der Waals surface area contributed by atoms with Gasteiger partial charge in [-0.3, -0.25) is 9.67 Å².